The van der Waals surface area contributed by atoms with Gasteiger partial charge in [-0.1, -0.05) is 36.4 Å². The standard InChI is InChI=1S/C29H24F4N4O5S/c30-22-8-2-1-5-20(22)18-26(38)36-13-15-37(16-14-36)28(39)21-10-11-23(24(17-21)42-29(31,32)33)35-43(40,41)25-9-3-6-19-7-4-12-34-27(19)25/h1-12,17,35H,13-16,18H2. The average Bonchev–Trinajstić information content (AvgIpc) is 2.97. The van der Waals surface area contributed by atoms with Crippen LogP contribution < -0.4 is 9.46 Å². The molecule has 5 rings (SSSR count). The second-order valence-corrected chi connectivity index (χ2v) is 11.3. The van der Waals surface area contributed by atoms with Gasteiger partial charge in [-0.05, 0) is 42.0 Å². The predicted octanol–water partition coefficient (Wildman–Crippen LogP) is 4.60. The van der Waals surface area contributed by atoms with Gasteiger partial charge >= 0.3 is 6.36 Å². The minimum Gasteiger partial charge on any atom is -0.404 e. The lowest BCUT2D eigenvalue weighted by Crippen LogP contribution is -2.51. The Balaban J connectivity index is 1.33. The van der Waals surface area contributed by atoms with E-state index in [9.17, 15) is 35.6 Å². The Morgan fingerprint density at radius 2 is 1.60 bits per heavy atom. The third-order valence-electron chi connectivity index (χ3n) is 6.80. The van der Waals surface area contributed by atoms with E-state index in [-0.39, 0.29) is 60.0 Å². The fourth-order valence-electron chi connectivity index (χ4n) is 4.70. The summed E-state index contributed by atoms with van der Waals surface area (Å²) in [5.41, 5.74) is -0.352. The fraction of sp³-hybridized carbons (Fsp3) is 0.207. The van der Waals surface area contributed by atoms with Crippen LogP contribution >= 0.6 is 0 Å². The van der Waals surface area contributed by atoms with E-state index < -0.39 is 39.5 Å². The van der Waals surface area contributed by atoms with Crippen molar-refractivity contribution in [3.05, 3.63) is 95.9 Å². The zero-order valence-electron chi connectivity index (χ0n) is 22.3. The molecule has 0 radical (unpaired) electrons. The number of nitrogens with zero attached hydrogens (tertiary/aromatic N) is 3. The summed E-state index contributed by atoms with van der Waals surface area (Å²) in [6.45, 7) is 0.448. The van der Waals surface area contributed by atoms with Gasteiger partial charge in [-0.15, -0.1) is 13.2 Å². The maximum atomic E-state index is 13.9. The Labute approximate surface area is 243 Å². The van der Waals surface area contributed by atoms with Crippen molar-refractivity contribution < 1.29 is 40.3 Å². The lowest BCUT2D eigenvalue weighted by molar-refractivity contribution is -0.274. The summed E-state index contributed by atoms with van der Waals surface area (Å²) in [5, 5.41) is 0.507. The molecular formula is C29H24F4N4O5S. The van der Waals surface area contributed by atoms with Gasteiger partial charge in [0.15, 0.2) is 5.75 Å². The summed E-state index contributed by atoms with van der Waals surface area (Å²) < 4.78 is 86.5. The van der Waals surface area contributed by atoms with E-state index in [1.54, 1.807) is 24.3 Å². The maximum absolute atomic E-state index is 13.9. The molecule has 1 aliphatic rings. The number of sulfonamides is 1. The van der Waals surface area contributed by atoms with Crippen LogP contribution in [-0.4, -0.2) is 67.6 Å². The summed E-state index contributed by atoms with van der Waals surface area (Å²) in [6.07, 6.45) is -3.95. The van der Waals surface area contributed by atoms with Gasteiger partial charge in [-0.2, -0.15) is 0 Å². The summed E-state index contributed by atoms with van der Waals surface area (Å²) in [7, 11) is -4.43. The molecule has 0 aliphatic carbocycles. The van der Waals surface area contributed by atoms with Crippen LogP contribution in [-0.2, 0) is 21.2 Å². The number of pyridine rings is 1. The van der Waals surface area contributed by atoms with E-state index in [0.29, 0.717) is 5.39 Å². The fourth-order valence-corrected chi connectivity index (χ4v) is 5.95. The Hall–Kier alpha value is -4.72. The number of hydrogen-bond acceptors (Lipinski definition) is 6. The van der Waals surface area contributed by atoms with Crippen molar-refractivity contribution in [1.82, 2.24) is 14.8 Å². The number of ether oxygens (including phenoxy) is 1. The van der Waals surface area contributed by atoms with Crippen LogP contribution in [0.15, 0.2) is 83.9 Å². The highest BCUT2D eigenvalue weighted by Gasteiger charge is 2.34. The van der Waals surface area contributed by atoms with Crippen molar-refractivity contribution in [3.8, 4) is 5.75 Å². The second kappa shape index (κ2) is 11.9. The number of carbonyl (C=O) groups is 2. The van der Waals surface area contributed by atoms with Gasteiger partial charge in [-0.25, -0.2) is 12.8 Å². The monoisotopic (exact) mass is 616 g/mol. The molecule has 0 unspecified atom stereocenters. The van der Waals surface area contributed by atoms with E-state index in [0.717, 1.165) is 12.1 Å². The first-order valence-corrected chi connectivity index (χ1v) is 14.5. The zero-order chi connectivity index (χ0) is 30.8. The molecule has 9 nitrogen and oxygen atoms in total. The molecule has 2 heterocycles. The Morgan fingerprint density at radius 3 is 2.33 bits per heavy atom. The Morgan fingerprint density at radius 1 is 0.907 bits per heavy atom. The number of benzene rings is 3. The lowest BCUT2D eigenvalue weighted by atomic mass is 10.1. The molecular weight excluding hydrogens is 592 g/mol. The molecule has 0 saturated carbocycles. The first kappa shape index (κ1) is 29.8. The van der Waals surface area contributed by atoms with Crippen molar-refractivity contribution in [3.63, 3.8) is 0 Å². The highest BCUT2D eigenvalue weighted by Crippen LogP contribution is 2.34. The van der Waals surface area contributed by atoms with Crippen molar-refractivity contribution in [2.75, 3.05) is 30.9 Å². The van der Waals surface area contributed by atoms with Gasteiger partial charge in [0.25, 0.3) is 15.9 Å². The molecule has 4 aromatic rings. The van der Waals surface area contributed by atoms with Crippen LogP contribution in [0.1, 0.15) is 15.9 Å². The number of carbonyl (C=O) groups excluding carboxylic acids is 2. The number of rotatable bonds is 7. The SMILES string of the molecule is O=C(Cc1ccccc1F)N1CCN(C(=O)c2ccc(NS(=O)(=O)c3cccc4cccnc34)c(OC(F)(F)F)c2)CC1. The van der Waals surface area contributed by atoms with Crippen LogP contribution in [0.4, 0.5) is 23.2 Å². The quantitative estimate of drug-likeness (QED) is 0.304. The molecule has 0 atom stereocenters. The minimum atomic E-state index is -5.19. The topological polar surface area (TPSA) is 109 Å². The van der Waals surface area contributed by atoms with E-state index in [1.807, 2.05) is 0 Å². The predicted molar refractivity (Wildman–Crippen MR) is 148 cm³/mol. The number of hydrogen-bond donors (Lipinski definition) is 1. The average molecular weight is 617 g/mol. The first-order valence-electron chi connectivity index (χ1n) is 13.0. The highest BCUT2D eigenvalue weighted by molar-refractivity contribution is 7.93. The molecule has 1 fully saturated rings. The first-order chi connectivity index (χ1) is 20.4. The van der Waals surface area contributed by atoms with Gasteiger partial charge in [0.05, 0.1) is 17.6 Å². The van der Waals surface area contributed by atoms with Gasteiger partial charge < -0.3 is 14.5 Å². The van der Waals surface area contributed by atoms with Gasteiger partial charge in [0.2, 0.25) is 5.91 Å². The molecule has 14 heteroatoms. The summed E-state index contributed by atoms with van der Waals surface area (Å²) in [6, 6.07) is 16.5. The number of halogens is 4. The van der Waals surface area contributed by atoms with E-state index >= 15 is 0 Å². The molecule has 43 heavy (non-hydrogen) atoms. The van der Waals surface area contributed by atoms with E-state index in [2.05, 4.69) is 14.4 Å². The largest absolute Gasteiger partial charge is 0.573 e. The van der Waals surface area contributed by atoms with Crippen LogP contribution in [0.25, 0.3) is 10.9 Å². The summed E-state index contributed by atoms with van der Waals surface area (Å²) in [4.78, 5) is 32.5. The second-order valence-electron chi connectivity index (χ2n) is 9.64. The van der Waals surface area contributed by atoms with Gasteiger partial charge in [0, 0.05) is 43.3 Å². The number of para-hydroxylation sites is 1. The zero-order valence-corrected chi connectivity index (χ0v) is 23.2. The van der Waals surface area contributed by atoms with Crippen molar-refractivity contribution in [2.24, 2.45) is 0 Å². The summed E-state index contributed by atoms with van der Waals surface area (Å²) in [5.74, 6) is -2.38. The molecule has 224 valence electrons. The van der Waals surface area contributed by atoms with Crippen LogP contribution in [0.2, 0.25) is 0 Å². The van der Waals surface area contributed by atoms with Crippen molar-refractivity contribution >= 4 is 38.4 Å². The summed E-state index contributed by atoms with van der Waals surface area (Å²) >= 11 is 0. The minimum absolute atomic E-state index is 0.0831. The van der Waals surface area contributed by atoms with Crippen LogP contribution in [0.3, 0.4) is 0 Å². The van der Waals surface area contributed by atoms with Crippen molar-refractivity contribution in [2.45, 2.75) is 17.7 Å². The maximum Gasteiger partial charge on any atom is 0.573 e. The Kier molecular flexibility index (Phi) is 8.22. The third kappa shape index (κ3) is 6.85. The normalized spacial score (nSPS) is 14.0. The number of nitrogens with one attached hydrogen (secondary N) is 1. The van der Waals surface area contributed by atoms with E-state index in [1.165, 1.54) is 52.4 Å². The van der Waals surface area contributed by atoms with E-state index in [4.69, 9.17) is 0 Å². The molecule has 1 N–H and O–H groups in total. The Bertz CT molecular complexity index is 1790. The number of anilines is 1. The van der Waals surface area contributed by atoms with Crippen LogP contribution in [0, 0.1) is 5.82 Å². The smallest absolute Gasteiger partial charge is 0.404 e. The molecule has 2 amide bonds. The number of alkyl halides is 3. The number of amides is 2. The third-order valence-corrected chi connectivity index (χ3v) is 8.20. The molecule has 0 spiro atoms. The van der Waals surface area contributed by atoms with Gasteiger partial charge in [-0.3, -0.25) is 19.3 Å². The molecule has 1 aromatic heterocycles. The molecule has 1 aliphatic heterocycles. The molecule has 3 aromatic carbocycles. The number of fused-ring (bicyclic) bond motifs is 1. The highest BCUT2D eigenvalue weighted by atomic mass is 32.2. The van der Waals surface area contributed by atoms with Crippen molar-refractivity contribution in [1.29, 1.82) is 0 Å². The lowest BCUT2D eigenvalue weighted by Gasteiger charge is -2.35. The molecule has 0 bridgehead atoms. The van der Waals surface area contributed by atoms with Gasteiger partial charge in [0.1, 0.15) is 10.7 Å². The number of piperazine rings is 1. The number of aromatic nitrogens is 1. The molecule has 1 saturated heterocycles. The van der Waals surface area contributed by atoms with Crippen LogP contribution in [0.5, 0.6) is 5.75 Å².